The van der Waals surface area contributed by atoms with Crippen LogP contribution in [0.15, 0.2) is 53.4 Å². The molecule has 12 heteroatoms. The standard InChI is InChI=1S/C23H25N5O6S/c24-35(33,34)18-6-4-5-17(13-18)26-20(30)15-7-9-16(10-8-15)25-19(29)14-28-21(31)23(27-22(28)32)11-2-1-3-12-23/h4-10,13H,1-3,11-12,14H2,(H,25,29)(H,26,30)(H,27,32)(H2,24,33,34). The lowest BCUT2D eigenvalue weighted by Gasteiger charge is -2.30. The van der Waals surface area contributed by atoms with Crippen LogP contribution in [0, 0.1) is 0 Å². The fourth-order valence-electron chi connectivity index (χ4n) is 4.32. The van der Waals surface area contributed by atoms with E-state index in [4.69, 9.17) is 5.14 Å². The van der Waals surface area contributed by atoms with Gasteiger partial charge in [0.05, 0.1) is 4.90 Å². The van der Waals surface area contributed by atoms with Crippen LogP contribution in [0.5, 0.6) is 0 Å². The van der Waals surface area contributed by atoms with Gasteiger partial charge in [0.25, 0.3) is 11.8 Å². The number of hydrogen-bond acceptors (Lipinski definition) is 6. The Labute approximate surface area is 202 Å². The summed E-state index contributed by atoms with van der Waals surface area (Å²) in [5, 5.41) is 13.1. The van der Waals surface area contributed by atoms with Crippen molar-refractivity contribution in [1.82, 2.24) is 10.2 Å². The lowest BCUT2D eigenvalue weighted by atomic mass is 9.82. The summed E-state index contributed by atoms with van der Waals surface area (Å²) in [4.78, 5) is 50.9. The molecular formula is C23H25N5O6S. The third-order valence-electron chi connectivity index (χ3n) is 6.11. The predicted octanol–water partition coefficient (Wildman–Crippen LogP) is 1.78. The van der Waals surface area contributed by atoms with Gasteiger partial charge in [-0.15, -0.1) is 0 Å². The Morgan fingerprint density at radius 2 is 1.66 bits per heavy atom. The van der Waals surface area contributed by atoms with Crippen LogP contribution in [0.1, 0.15) is 42.5 Å². The Bertz CT molecular complexity index is 1290. The van der Waals surface area contributed by atoms with Crippen LogP contribution in [-0.4, -0.2) is 49.2 Å². The summed E-state index contributed by atoms with van der Waals surface area (Å²) >= 11 is 0. The van der Waals surface area contributed by atoms with E-state index in [9.17, 15) is 27.6 Å². The van der Waals surface area contributed by atoms with Gasteiger partial charge in [0.2, 0.25) is 15.9 Å². The van der Waals surface area contributed by atoms with E-state index in [1.54, 1.807) is 0 Å². The number of hydrogen-bond donors (Lipinski definition) is 4. The zero-order chi connectivity index (χ0) is 25.2. The van der Waals surface area contributed by atoms with E-state index in [0.29, 0.717) is 18.5 Å². The molecule has 4 rings (SSSR count). The molecule has 35 heavy (non-hydrogen) atoms. The van der Waals surface area contributed by atoms with E-state index < -0.39 is 40.0 Å². The number of sulfonamides is 1. The molecule has 2 aliphatic rings. The largest absolute Gasteiger partial charge is 0.325 e. The fourth-order valence-corrected chi connectivity index (χ4v) is 4.88. The zero-order valence-corrected chi connectivity index (χ0v) is 19.6. The normalized spacial score (nSPS) is 17.2. The number of carbonyl (C=O) groups excluding carboxylic acids is 4. The highest BCUT2D eigenvalue weighted by molar-refractivity contribution is 7.89. The van der Waals surface area contributed by atoms with Crippen molar-refractivity contribution in [2.45, 2.75) is 42.5 Å². The second-order valence-corrected chi connectivity index (χ2v) is 10.2. The van der Waals surface area contributed by atoms with E-state index in [1.165, 1.54) is 48.5 Å². The topological polar surface area (TPSA) is 168 Å². The van der Waals surface area contributed by atoms with Gasteiger partial charge < -0.3 is 16.0 Å². The molecule has 0 atom stereocenters. The minimum Gasteiger partial charge on any atom is -0.325 e. The molecule has 11 nitrogen and oxygen atoms in total. The van der Waals surface area contributed by atoms with Crippen molar-refractivity contribution in [2.24, 2.45) is 5.14 Å². The van der Waals surface area contributed by atoms with E-state index in [-0.39, 0.29) is 22.1 Å². The van der Waals surface area contributed by atoms with Gasteiger partial charge in [-0.05, 0) is 55.3 Å². The maximum absolute atomic E-state index is 12.8. The van der Waals surface area contributed by atoms with Crippen molar-refractivity contribution >= 4 is 45.2 Å². The van der Waals surface area contributed by atoms with E-state index in [1.807, 2.05) is 0 Å². The van der Waals surface area contributed by atoms with Crippen molar-refractivity contribution < 1.29 is 27.6 Å². The molecule has 0 radical (unpaired) electrons. The number of rotatable bonds is 6. The van der Waals surface area contributed by atoms with Gasteiger partial charge in [-0.25, -0.2) is 18.4 Å². The number of nitrogens with one attached hydrogen (secondary N) is 3. The maximum atomic E-state index is 12.8. The number of anilines is 2. The fraction of sp³-hybridized carbons (Fsp3) is 0.304. The predicted molar refractivity (Wildman–Crippen MR) is 127 cm³/mol. The summed E-state index contributed by atoms with van der Waals surface area (Å²) in [5.41, 5.74) is 0.00104. The lowest BCUT2D eigenvalue weighted by Crippen LogP contribution is -2.48. The molecule has 1 saturated heterocycles. The summed E-state index contributed by atoms with van der Waals surface area (Å²) in [5.74, 6) is -1.40. The van der Waals surface area contributed by atoms with Crippen molar-refractivity contribution in [3.8, 4) is 0 Å². The van der Waals surface area contributed by atoms with Crippen molar-refractivity contribution in [3.05, 3.63) is 54.1 Å². The van der Waals surface area contributed by atoms with E-state index in [2.05, 4.69) is 16.0 Å². The minimum absolute atomic E-state index is 0.132. The zero-order valence-electron chi connectivity index (χ0n) is 18.7. The van der Waals surface area contributed by atoms with E-state index >= 15 is 0 Å². The van der Waals surface area contributed by atoms with Crippen LogP contribution < -0.4 is 21.1 Å². The Hall–Kier alpha value is -3.77. The molecule has 1 spiro atoms. The molecule has 1 saturated carbocycles. The highest BCUT2D eigenvalue weighted by Crippen LogP contribution is 2.33. The molecule has 0 unspecified atom stereocenters. The molecule has 2 fully saturated rings. The molecule has 5 amide bonds. The minimum atomic E-state index is -3.91. The molecule has 0 aromatic heterocycles. The molecule has 2 aromatic carbocycles. The Morgan fingerprint density at radius 1 is 0.971 bits per heavy atom. The third-order valence-corrected chi connectivity index (χ3v) is 7.02. The molecular weight excluding hydrogens is 474 g/mol. The van der Waals surface area contributed by atoms with Gasteiger partial charge in [-0.2, -0.15) is 0 Å². The first kappa shape index (κ1) is 24.4. The Morgan fingerprint density at radius 3 is 2.31 bits per heavy atom. The molecule has 1 aliphatic heterocycles. The van der Waals surface area contributed by atoms with Crippen molar-refractivity contribution in [3.63, 3.8) is 0 Å². The smallest absolute Gasteiger partial charge is 0.325 e. The Kier molecular flexibility index (Phi) is 6.59. The van der Waals surface area contributed by atoms with Crippen LogP contribution in [-0.2, 0) is 19.6 Å². The first-order chi connectivity index (χ1) is 16.6. The van der Waals surface area contributed by atoms with Gasteiger partial charge in [0, 0.05) is 16.9 Å². The lowest BCUT2D eigenvalue weighted by molar-refractivity contribution is -0.134. The summed E-state index contributed by atoms with van der Waals surface area (Å²) < 4.78 is 23.0. The van der Waals surface area contributed by atoms with Gasteiger partial charge in [-0.1, -0.05) is 25.3 Å². The molecule has 1 heterocycles. The number of carbonyl (C=O) groups is 4. The summed E-state index contributed by atoms with van der Waals surface area (Å²) in [6, 6.07) is 10.9. The number of imide groups is 1. The number of nitrogens with two attached hydrogens (primary N) is 1. The number of primary sulfonamides is 1. The summed E-state index contributed by atoms with van der Waals surface area (Å²) in [6.07, 6.45) is 3.87. The first-order valence-corrected chi connectivity index (χ1v) is 12.6. The van der Waals surface area contributed by atoms with Crippen LogP contribution in [0.3, 0.4) is 0 Å². The molecule has 184 valence electrons. The second kappa shape index (κ2) is 9.47. The molecule has 0 bridgehead atoms. The Balaban J connectivity index is 1.35. The van der Waals surface area contributed by atoms with Crippen LogP contribution in [0.25, 0.3) is 0 Å². The summed E-state index contributed by atoms with van der Waals surface area (Å²) in [7, 11) is -3.91. The van der Waals surface area contributed by atoms with Gasteiger partial charge >= 0.3 is 6.03 Å². The van der Waals surface area contributed by atoms with E-state index in [0.717, 1.165) is 24.2 Å². The monoisotopic (exact) mass is 499 g/mol. The van der Waals surface area contributed by atoms with Crippen LogP contribution >= 0.6 is 0 Å². The van der Waals surface area contributed by atoms with Crippen LogP contribution in [0.2, 0.25) is 0 Å². The maximum Gasteiger partial charge on any atom is 0.325 e. The second-order valence-electron chi connectivity index (χ2n) is 8.62. The first-order valence-electron chi connectivity index (χ1n) is 11.1. The van der Waals surface area contributed by atoms with Gasteiger partial charge in [0.15, 0.2) is 0 Å². The average molecular weight is 500 g/mol. The molecule has 5 N–H and O–H groups in total. The molecule has 1 aliphatic carbocycles. The average Bonchev–Trinajstić information content (AvgIpc) is 3.03. The number of benzene rings is 2. The molecule has 2 aromatic rings. The van der Waals surface area contributed by atoms with Gasteiger partial charge in [0.1, 0.15) is 12.1 Å². The number of urea groups is 1. The van der Waals surface area contributed by atoms with Crippen molar-refractivity contribution in [2.75, 3.05) is 17.2 Å². The third kappa shape index (κ3) is 5.33. The quantitative estimate of drug-likeness (QED) is 0.442. The van der Waals surface area contributed by atoms with Crippen molar-refractivity contribution in [1.29, 1.82) is 0 Å². The highest BCUT2D eigenvalue weighted by atomic mass is 32.2. The van der Waals surface area contributed by atoms with Crippen LogP contribution in [0.4, 0.5) is 16.2 Å². The van der Waals surface area contributed by atoms with Gasteiger partial charge in [-0.3, -0.25) is 19.3 Å². The number of nitrogens with zero attached hydrogens (tertiary/aromatic N) is 1. The highest BCUT2D eigenvalue weighted by Gasteiger charge is 2.51. The summed E-state index contributed by atoms with van der Waals surface area (Å²) in [6.45, 7) is -0.408. The number of amides is 5. The SMILES string of the molecule is NS(=O)(=O)c1cccc(NC(=O)c2ccc(NC(=O)CN3C(=O)NC4(CCCCC4)C3=O)cc2)c1.